The van der Waals surface area contributed by atoms with E-state index in [1.165, 1.54) is 18.2 Å². The largest absolute Gasteiger partial charge is 0.457 e. The minimum Gasteiger partial charge on any atom is -0.457 e. The summed E-state index contributed by atoms with van der Waals surface area (Å²) in [6.07, 6.45) is 1.39. The first kappa shape index (κ1) is 18.8. The lowest BCUT2D eigenvalue weighted by Crippen LogP contribution is -2.41. The molecule has 140 valence electrons. The highest BCUT2D eigenvalue weighted by atomic mass is 32.2. The Kier molecular flexibility index (Phi) is 5.41. The third kappa shape index (κ3) is 4.43. The Morgan fingerprint density at radius 1 is 1.15 bits per heavy atom. The molecule has 1 amide bonds. The number of hydrogen-bond acceptors (Lipinski definition) is 6. The second-order valence-electron chi connectivity index (χ2n) is 5.85. The molecule has 3 rings (SSSR count). The molecule has 1 aliphatic heterocycles. The maximum absolute atomic E-state index is 12.4. The van der Waals surface area contributed by atoms with E-state index >= 15 is 0 Å². The first-order valence-corrected chi connectivity index (χ1v) is 9.65. The Morgan fingerprint density at radius 2 is 1.81 bits per heavy atom. The van der Waals surface area contributed by atoms with Crippen LogP contribution in [0, 0.1) is 11.3 Å². The van der Waals surface area contributed by atoms with Crippen molar-refractivity contribution in [1.29, 1.82) is 5.26 Å². The number of nitriles is 1. The minimum absolute atomic E-state index is 0.000741. The Bertz CT molecular complexity index is 1010. The number of carbonyl (C=O) groups is 1. The van der Waals surface area contributed by atoms with Gasteiger partial charge in [-0.3, -0.25) is 4.79 Å². The van der Waals surface area contributed by atoms with Gasteiger partial charge in [0.15, 0.2) is 0 Å². The highest BCUT2D eigenvalue weighted by Crippen LogP contribution is 2.24. The van der Waals surface area contributed by atoms with Crippen molar-refractivity contribution >= 4 is 22.0 Å². The summed E-state index contributed by atoms with van der Waals surface area (Å²) in [5.74, 6) is 0.452. The second kappa shape index (κ2) is 7.75. The zero-order valence-electron chi connectivity index (χ0n) is 14.3. The van der Waals surface area contributed by atoms with Crippen molar-refractivity contribution in [1.82, 2.24) is 4.90 Å². The van der Waals surface area contributed by atoms with Gasteiger partial charge in [0.1, 0.15) is 23.2 Å². The number of benzene rings is 1. The lowest BCUT2D eigenvalue weighted by Gasteiger charge is -2.26. The topological polar surface area (TPSA) is 127 Å². The van der Waals surface area contributed by atoms with E-state index in [1.807, 2.05) is 6.07 Å². The maximum Gasteiger partial charge on any atom is 0.264 e. The van der Waals surface area contributed by atoms with Gasteiger partial charge in [-0.05, 0) is 36.4 Å². The van der Waals surface area contributed by atoms with E-state index in [-0.39, 0.29) is 16.4 Å². The average Bonchev–Trinajstić information content (AvgIpc) is 3.14. The number of nitrogens with zero attached hydrogens (tertiary/aromatic N) is 2. The fraction of sp³-hybridized carbons (Fsp3) is 0.222. The van der Waals surface area contributed by atoms with E-state index in [1.54, 1.807) is 29.2 Å². The van der Waals surface area contributed by atoms with Gasteiger partial charge in [0.25, 0.3) is 5.91 Å². The first-order valence-electron chi connectivity index (χ1n) is 8.10. The van der Waals surface area contributed by atoms with Crippen molar-refractivity contribution in [2.75, 3.05) is 26.3 Å². The average molecular weight is 387 g/mol. The van der Waals surface area contributed by atoms with Gasteiger partial charge in [0, 0.05) is 24.7 Å². The van der Waals surface area contributed by atoms with Crippen molar-refractivity contribution < 1.29 is 22.4 Å². The standard InChI is InChI=1S/C18H17N3O5S/c19-12-14(18(22)21-7-9-25-10-8-21)11-15-3-6-17(26-15)13-1-4-16(5-2-13)27(20,23)24/h1-6,11H,7-10H2,(H2,20,23,24)/b14-11-. The van der Waals surface area contributed by atoms with Gasteiger partial charge in [0.05, 0.1) is 18.1 Å². The van der Waals surface area contributed by atoms with Crippen LogP contribution in [-0.4, -0.2) is 45.5 Å². The molecular weight excluding hydrogens is 370 g/mol. The van der Waals surface area contributed by atoms with Crippen LogP contribution in [0.25, 0.3) is 17.4 Å². The number of hydrogen-bond donors (Lipinski definition) is 1. The van der Waals surface area contributed by atoms with E-state index in [4.69, 9.17) is 14.3 Å². The van der Waals surface area contributed by atoms with Crippen molar-refractivity contribution in [2.24, 2.45) is 5.14 Å². The fourth-order valence-corrected chi connectivity index (χ4v) is 3.13. The molecule has 27 heavy (non-hydrogen) atoms. The smallest absolute Gasteiger partial charge is 0.264 e. The van der Waals surface area contributed by atoms with Crippen molar-refractivity contribution in [2.45, 2.75) is 4.90 Å². The highest BCUT2D eigenvalue weighted by Gasteiger charge is 2.21. The van der Waals surface area contributed by atoms with E-state index in [0.717, 1.165) is 0 Å². The summed E-state index contributed by atoms with van der Waals surface area (Å²) in [4.78, 5) is 14.0. The van der Waals surface area contributed by atoms with Crippen LogP contribution in [0.4, 0.5) is 0 Å². The van der Waals surface area contributed by atoms with Gasteiger partial charge in [0.2, 0.25) is 10.0 Å². The Hall–Kier alpha value is -2.93. The molecule has 0 spiro atoms. The molecule has 1 fully saturated rings. The summed E-state index contributed by atoms with van der Waals surface area (Å²) >= 11 is 0. The lowest BCUT2D eigenvalue weighted by atomic mass is 10.2. The minimum atomic E-state index is -3.76. The van der Waals surface area contributed by atoms with E-state index < -0.39 is 10.0 Å². The molecule has 8 nitrogen and oxygen atoms in total. The van der Waals surface area contributed by atoms with Crippen LogP contribution >= 0.6 is 0 Å². The number of nitrogens with two attached hydrogens (primary N) is 1. The van der Waals surface area contributed by atoms with Gasteiger partial charge in [-0.15, -0.1) is 0 Å². The van der Waals surface area contributed by atoms with Gasteiger partial charge < -0.3 is 14.1 Å². The fourth-order valence-electron chi connectivity index (χ4n) is 2.62. The van der Waals surface area contributed by atoms with Crippen molar-refractivity contribution in [3.8, 4) is 17.4 Å². The van der Waals surface area contributed by atoms with Crippen LogP contribution < -0.4 is 5.14 Å². The van der Waals surface area contributed by atoms with Crippen molar-refractivity contribution in [3.63, 3.8) is 0 Å². The van der Waals surface area contributed by atoms with Gasteiger partial charge in [-0.2, -0.15) is 5.26 Å². The molecule has 1 saturated heterocycles. The molecule has 1 aromatic carbocycles. The van der Waals surface area contributed by atoms with Crippen LogP contribution in [0.2, 0.25) is 0 Å². The van der Waals surface area contributed by atoms with Crippen LogP contribution in [0.15, 0.2) is 51.3 Å². The van der Waals surface area contributed by atoms with Crippen LogP contribution in [0.5, 0.6) is 0 Å². The predicted octanol–water partition coefficient (Wildman–Crippen LogP) is 1.36. The molecule has 9 heteroatoms. The molecule has 0 radical (unpaired) electrons. The summed E-state index contributed by atoms with van der Waals surface area (Å²) in [5, 5.41) is 14.4. The quantitative estimate of drug-likeness (QED) is 0.623. The zero-order chi connectivity index (χ0) is 19.4. The second-order valence-corrected chi connectivity index (χ2v) is 7.41. The summed E-state index contributed by atoms with van der Waals surface area (Å²) in [5.41, 5.74) is 0.613. The molecule has 0 unspecified atom stereocenters. The Labute approximate surface area is 156 Å². The molecule has 1 aromatic heterocycles. The highest BCUT2D eigenvalue weighted by molar-refractivity contribution is 7.89. The number of furan rings is 1. The summed E-state index contributed by atoms with van der Waals surface area (Å²) in [7, 11) is -3.76. The Morgan fingerprint density at radius 3 is 2.41 bits per heavy atom. The zero-order valence-corrected chi connectivity index (χ0v) is 15.1. The van der Waals surface area contributed by atoms with Crippen LogP contribution in [0.3, 0.4) is 0 Å². The normalized spacial score (nSPS) is 15.4. The summed E-state index contributed by atoms with van der Waals surface area (Å²) in [6, 6.07) is 11.1. The van der Waals surface area contributed by atoms with Gasteiger partial charge in [-0.1, -0.05) is 0 Å². The number of sulfonamides is 1. The van der Waals surface area contributed by atoms with Crippen molar-refractivity contribution in [3.05, 3.63) is 47.7 Å². The number of morpholine rings is 1. The van der Waals surface area contributed by atoms with E-state index in [2.05, 4.69) is 0 Å². The van der Waals surface area contributed by atoms with E-state index in [0.29, 0.717) is 43.4 Å². The van der Waals surface area contributed by atoms with Gasteiger partial charge in [-0.25, -0.2) is 13.6 Å². The molecule has 0 aliphatic carbocycles. The number of carbonyl (C=O) groups excluding carboxylic acids is 1. The molecule has 0 atom stereocenters. The first-order chi connectivity index (χ1) is 12.9. The summed E-state index contributed by atoms with van der Waals surface area (Å²) < 4.78 is 33.5. The number of amides is 1. The third-order valence-corrected chi connectivity index (χ3v) is 4.96. The predicted molar refractivity (Wildman–Crippen MR) is 96.5 cm³/mol. The molecule has 0 bridgehead atoms. The molecule has 0 saturated carbocycles. The van der Waals surface area contributed by atoms with Crippen LogP contribution in [-0.2, 0) is 19.6 Å². The molecule has 2 N–H and O–H groups in total. The monoisotopic (exact) mass is 387 g/mol. The SMILES string of the molecule is N#C/C(=C/c1ccc(-c2ccc(S(N)(=O)=O)cc2)o1)C(=O)N1CCOCC1. The van der Waals surface area contributed by atoms with Crippen LogP contribution in [0.1, 0.15) is 5.76 Å². The number of primary sulfonamides is 1. The summed E-state index contributed by atoms with van der Waals surface area (Å²) in [6.45, 7) is 1.78. The molecule has 2 aromatic rings. The maximum atomic E-state index is 12.4. The van der Waals surface area contributed by atoms with Gasteiger partial charge >= 0.3 is 0 Å². The van der Waals surface area contributed by atoms with E-state index in [9.17, 15) is 18.5 Å². The number of rotatable bonds is 4. The third-order valence-electron chi connectivity index (χ3n) is 4.03. The Balaban J connectivity index is 1.81. The molecule has 2 heterocycles. The lowest BCUT2D eigenvalue weighted by molar-refractivity contribution is -0.130. The molecule has 1 aliphatic rings. The number of ether oxygens (including phenoxy) is 1. The molecular formula is C18H17N3O5S.